The van der Waals surface area contributed by atoms with E-state index in [-0.39, 0.29) is 6.09 Å². The van der Waals surface area contributed by atoms with Crippen molar-refractivity contribution in [2.24, 2.45) is 0 Å². The Balaban J connectivity index is 2.01. The Kier molecular flexibility index (Phi) is 4.94. The molecule has 0 bridgehead atoms. The molecule has 0 aliphatic carbocycles. The first-order valence-corrected chi connectivity index (χ1v) is 7.90. The van der Waals surface area contributed by atoms with Crippen LogP contribution in [0.1, 0.15) is 39.3 Å². The summed E-state index contributed by atoms with van der Waals surface area (Å²) in [4.78, 5) is 20.4. The van der Waals surface area contributed by atoms with Gasteiger partial charge in [0, 0.05) is 43.8 Å². The van der Waals surface area contributed by atoms with Crippen molar-refractivity contribution in [3.63, 3.8) is 0 Å². The van der Waals surface area contributed by atoms with Gasteiger partial charge in [0.2, 0.25) is 0 Å². The molecule has 1 unspecified atom stereocenters. The zero-order valence-corrected chi connectivity index (χ0v) is 14.3. The third-order valence-electron chi connectivity index (χ3n) is 3.78. The minimum Gasteiger partial charge on any atom is -0.444 e. The van der Waals surface area contributed by atoms with Crippen molar-refractivity contribution in [2.45, 2.75) is 52.2 Å². The minimum absolute atomic E-state index is 0.259. The van der Waals surface area contributed by atoms with Crippen molar-refractivity contribution in [1.29, 1.82) is 0 Å². The van der Waals surface area contributed by atoms with E-state index >= 15 is 0 Å². The van der Waals surface area contributed by atoms with Gasteiger partial charge in [-0.2, -0.15) is 0 Å². The van der Waals surface area contributed by atoms with Gasteiger partial charge in [-0.1, -0.05) is 0 Å². The highest BCUT2D eigenvalue weighted by Crippen LogP contribution is 2.26. The number of aryl methyl sites for hydroxylation is 1. The number of rotatable bonds is 3. The first kappa shape index (κ1) is 16.6. The van der Waals surface area contributed by atoms with E-state index in [1.165, 1.54) is 5.69 Å². The molecule has 1 fully saturated rings. The number of carbonyl (C=O) groups excluding carboxylic acids is 1. The predicted molar refractivity (Wildman–Crippen MR) is 88.2 cm³/mol. The highest BCUT2D eigenvalue weighted by atomic mass is 16.6. The van der Waals surface area contributed by atoms with Gasteiger partial charge >= 0.3 is 6.09 Å². The molecule has 0 spiro atoms. The molecule has 0 aromatic carbocycles. The zero-order valence-electron chi connectivity index (χ0n) is 14.3. The Labute approximate surface area is 133 Å². The SMILES string of the molecule is Cc1cc(N2CCCC2CN(C)C(=O)OC(C)(C)C)ccn1. The van der Waals surface area contributed by atoms with Gasteiger partial charge in [-0.05, 0) is 52.7 Å². The molecule has 1 amide bonds. The first-order valence-electron chi connectivity index (χ1n) is 7.90. The Bertz CT molecular complexity index is 525. The van der Waals surface area contributed by atoms with Gasteiger partial charge in [-0.3, -0.25) is 4.98 Å². The topological polar surface area (TPSA) is 45.7 Å². The molecule has 22 heavy (non-hydrogen) atoms. The fourth-order valence-electron chi connectivity index (χ4n) is 2.81. The van der Waals surface area contributed by atoms with Gasteiger partial charge in [0.15, 0.2) is 0 Å². The van der Waals surface area contributed by atoms with Gasteiger partial charge in [0.1, 0.15) is 5.60 Å². The lowest BCUT2D eigenvalue weighted by Crippen LogP contribution is -2.43. The lowest BCUT2D eigenvalue weighted by atomic mass is 10.2. The van der Waals surface area contributed by atoms with Gasteiger partial charge in [0.25, 0.3) is 0 Å². The fourth-order valence-corrected chi connectivity index (χ4v) is 2.81. The normalized spacial score (nSPS) is 18.4. The summed E-state index contributed by atoms with van der Waals surface area (Å²) in [7, 11) is 1.81. The summed E-state index contributed by atoms with van der Waals surface area (Å²) in [6.45, 7) is 9.37. The number of amides is 1. The van der Waals surface area contributed by atoms with Crippen LogP contribution in [0.15, 0.2) is 18.3 Å². The van der Waals surface area contributed by atoms with E-state index < -0.39 is 5.60 Å². The van der Waals surface area contributed by atoms with E-state index in [9.17, 15) is 4.79 Å². The first-order chi connectivity index (χ1) is 10.3. The Morgan fingerprint density at radius 1 is 1.50 bits per heavy atom. The zero-order chi connectivity index (χ0) is 16.3. The van der Waals surface area contributed by atoms with E-state index in [4.69, 9.17) is 4.74 Å². The second-order valence-electron chi connectivity index (χ2n) is 7.01. The van der Waals surface area contributed by atoms with E-state index in [0.717, 1.165) is 25.1 Å². The standard InChI is InChI=1S/C17H27N3O2/c1-13-11-14(8-9-18-13)20-10-6-7-15(20)12-19(5)16(21)22-17(2,3)4/h8-9,11,15H,6-7,10,12H2,1-5H3. The molecule has 1 atom stereocenters. The molecule has 0 N–H and O–H groups in total. The molecule has 1 aromatic rings. The molecule has 0 radical (unpaired) electrons. The van der Waals surface area contributed by atoms with Gasteiger partial charge < -0.3 is 14.5 Å². The molecular formula is C17H27N3O2. The molecule has 0 saturated carbocycles. The van der Waals surface area contributed by atoms with Crippen LogP contribution in [-0.2, 0) is 4.74 Å². The Morgan fingerprint density at radius 3 is 2.86 bits per heavy atom. The average Bonchev–Trinajstić information content (AvgIpc) is 2.84. The molecule has 1 aromatic heterocycles. The Hall–Kier alpha value is -1.78. The minimum atomic E-state index is -0.455. The summed E-state index contributed by atoms with van der Waals surface area (Å²) in [5.41, 5.74) is 1.75. The third kappa shape index (κ3) is 4.36. The quantitative estimate of drug-likeness (QED) is 0.860. The van der Waals surface area contributed by atoms with E-state index in [1.807, 2.05) is 47.0 Å². The van der Waals surface area contributed by atoms with Crippen molar-refractivity contribution in [1.82, 2.24) is 9.88 Å². The molecule has 1 aliphatic rings. The number of pyridine rings is 1. The molecule has 5 heteroatoms. The number of ether oxygens (including phenoxy) is 1. The largest absolute Gasteiger partial charge is 0.444 e. The maximum absolute atomic E-state index is 12.1. The van der Waals surface area contributed by atoms with Crippen LogP contribution in [0.2, 0.25) is 0 Å². The van der Waals surface area contributed by atoms with Crippen LogP contribution < -0.4 is 4.90 Å². The lowest BCUT2D eigenvalue weighted by Gasteiger charge is -2.31. The predicted octanol–water partition coefficient (Wildman–Crippen LogP) is 3.23. The summed E-state index contributed by atoms with van der Waals surface area (Å²) < 4.78 is 5.43. The summed E-state index contributed by atoms with van der Waals surface area (Å²) in [6, 6.07) is 4.48. The Morgan fingerprint density at radius 2 is 2.23 bits per heavy atom. The van der Waals surface area contributed by atoms with Gasteiger partial charge in [-0.15, -0.1) is 0 Å². The van der Waals surface area contributed by atoms with Crippen LogP contribution in [0, 0.1) is 6.92 Å². The molecule has 2 heterocycles. The molecule has 122 valence electrons. The number of hydrogen-bond donors (Lipinski definition) is 0. The van der Waals surface area contributed by atoms with Crippen LogP contribution >= 0.6 is 0 Å². The van der Waals surface area contributed by atoms with Gasteiger partial charge in [0.05, 0.1) is 0 Å². The molecule has 1 saturated heterocycles. The van der Waals surface area contributed by atoms with Crippen molar-refractivity contribution >= 4 is 11.8 Å². The van der Waals surface area contributed by atoms with Crippen LogP contribution in [0.25, 0.3) is 0 Å². The molecule has 2 rings (SSSR count). The van der Waals surface area contributed by atoms with Crippen molar-refractivity contribution < 1.29 is 9.53 Å². The van der Waals surface area contributed by atoms with Gasteiger partial charge in [-0.25, -0.2) is 4.79 Å². The number of aromatic nitrogens is 1. The highest BCUT2D eigenvalue weighted by Gasteiger charge is 2.28. The summed E-state index contributed by atoms with van der Waals surface area (Å²) in [5.74, 6) is 0. The molecular weight excluding hydrogens is 278 g/mol. The molecule has 1 aliphatic heterocycles. The van der Waals surface area contributed by atoms with E-state index in [2.05, 4.69) is 16.0 Å². The van der Waals surface area contributed by atoms with Crippen LogP contribution in [0.4, 0.5) is 10.5 Å². The summed E-state index contributed by atoms with van der Waals surface area (Å²) in [5, 5.41) is 0. The van der Waals surface area contributed by atoms with Crippen LogP contribution in [-0.4, -0.2) is 47.8 Å². The average molecular weight is 305 g/mol. The summed E-state index contributed by atoms with van der Waals surface area (Å²) >= 11 is 0. The lowest BCUT2D eigenvalue weighted by molar-refractivity contribution is 0.0290. The maximum atomic E-state index is 12.1. The highest BCUT2D eigenvalue weighted by molar-refractivity contribution is 5.68. The van der Waals surface area contributed by atoms with Crippen molar-refractivity contribution in [2.75, 3.05) is 25.0 Å². The van der Waals surface area contributed by atoms with E-state index in [0.29, 0.717) is 12.6 Å². The van der Waals surface area contributed by atoms with Crippen molar-refractivity contribution in [3.05, 3.63) is 24.0 Å². The van der Waals surface area contributed by atoms with E-state index in [1.54, 1.807) is 4.90 Å². The number of hydrogen-bond acceptors (Lipinski definition) is 4. The fraction of sp³-hybridized carbons (Fsp3) is 0.647. The second kappa shape index (κ2) is 6.55. The smallest absolute Gasteiger partial charge is 0.410 e. The second-order valence-corrected chi connectivity index (χ2v) is 7.01. The number of carbonyl (C=O) groups is 1. The number of anilines is 1. The van der Waals surface area contributed by atoms with Crippen LogP contribution in [0.5, 0.6) is 0 Å². The molecule has 5 nitrogen and oxygen atoms in total. The number of nitrogens with zero attached hydrogens (tertiary/aromatic N) is 3. The summed E-state index contributed by atoms with van der Waals surface area (Å²) in [6.07, 6.45) is 3.82. The third-order valence-corrected chi connectivity index (χ3v) is 3.78. The number of likely N-dealkylation sites (N-methyl/N-ethyl adjacent to an activating group) is 1. The van der Waals surface area contributed by atoms with Crippen LogP contribution in [0.3, 0.4) is 0 Å². The monoisotopic (exact) mass is 305 g/mol. The van der Waals surface area contributed by atoms with Crippen molar-refractivity contribution in [3.8, 4) is 0 Å². The maximum Gasteiger partial charge on any atom is 0.410 e.